The molecule has 0 bridgehead atoms. The Morgan fingerprint density at radius 3 is 2.74 bits per heavy atom. The maximum atomic E-state index is 12.8. The summed E-state index contributed by atoms with van der Waals surface area (Å²) in [5.74, 6) is 1.02. The van der Waals surface area contributed by atoms with Gasteiger partial charge < -0.3 is 19.5 Å². The van der Waals surface area contributed by atoms with Crippen LogP contribution in [0.1, 0.15) is 18.4 Å². The van der Waals surface area contributed by atoms with Crippen LogP contribution in [0.3, 0.4) is 0 Å². The van der Waals surface area contributed by atoms with Crippen LogP contribution in [0.25, 0.3) is 0 Å². The van der Waals surface area contributed by atoms with Crippen LogP contribution >= 0.6 is 0 Å². The van der Waals surface area contributed by atoms with Crippen molar-refractivity contribution in [3.05, 3.63) is 23.8 Å². The highest BCUT2D eigenvalue weighted by atomic mass is 32.2. The molecule has 1 amide bonds. The number of piperidine rings is 2. The number of hydrogen-bond acceptors (Lipinski definition) is 6. The van der Waals surface area contributed by atoms with Gasteiger partial charge in [0.15, 0.2) is 11.5 Å². The van der Waals surface area contributed by atoms with E-state index in [0.29, 0.717) is 44.0 Å². The Hall–Kier alpha value is -1.84. The van der Waals surface area contributed by atoms with E-state index in [1.165, 1.54) is 10.6 Å². The fourth-order valence-electron chi connectivity index (χ4n) is 4.14. The molecule has 148 valence electrons. The van der Waals surface area contributed by atoms with E-state index in [0.717, 1.165) is 5.56 Å². The van der Waals surface area contributed by atoms with Crippen molar-refractivity contribution in [2.45, 2.75) is 24.9 Å². The predicted octanol–water partition coefficient (Wildman–Crippen LogP) is 0.203. The van der Waals surface area contributed by atoms with Gasteiger partial charge in [0.05, 0.1) is 18.3 Å². The number of hydrogen-bond donors (Lipinski definition) is 1. The lowest BCUT2D eigenvalue weighted by Crippen LogP contribution is -2.61. The number of ether oxygens (including phenoxy) is 2. The van der Waals surface area contributed by atoms with E-state index < -0.39 is 15.6 Å². The number of carbonyl (C=O) groups excluding carboxylic acids is 1. The highest BCUT2D eigenvalue weighted by Crippen LogP contribution is 2.37. The smallest absolute Gasteiger partial charge is 0.231 e. The SMILES string of the molecule is CS(=O)(=O)N1CCC2(O)CCN(C(=O)Cc3ccc4c(c3)OCO4)CC2C1. The molecular formula is C18H24N2O6S. The molecular weight excluding hydrogens is 372 g/mol. The maximum Gasteiger partial charge on any atom is 0.231 e. The minimum absolute atomic E-state index is 0.0348. The average Bonchev–Trinajstić information content (AvgIpc) is 3.07. The molecule has 3 aliphatic heterocycles. The molecule has 4 rings (SSSR count). The van der Waals surface area contributed by atoms with Gasteiger partial charge in [-0.15, -0.1) is 0 Å². The number of amides is 1. The summed E-state index contributed by atoms with van der Waals surface area (Å²) >= 11 is 0. The zero-order chi connectivity index (χ0) is 19.2. The molecule has 0 radical (unpaired) electrons. The first-order chi connectivity index (χ1) is 12.7. The Labute approximate surface area is 158 Å². The molecule has 0 saturated carbocycles. The molecule has 2 unspecified atom stereocenters. The van der Waals surface area contributed by atoms with Crippen molar-refractivity contribution < 1.29 is 27.8 Å². The van der Waals surface area contributed by atoms with Gasteiger partial charge in [-0.05, 0) is 30.5 Å². The van der Waals surface area contributed by atoms with Gasteiger partial charge in [-0.1, -0.05) is 6.07 Å². The first kappa shape index (κ1) is 18.5. The highest BCUT2D eigenvalue weighted by molar-refractivity contribution is 7.88. The lowest BCUT2D eigenvalue weighted by molar-refractivity contribution is -0.143. The van der Waals surface area contributed by atoms with Crippen LogP contribution in [0.15, 0.2) is 18.2 Å². The fourth-order valence-corrected chi connectivity index (χ4v) is 5.01. The number of benzene rings is 1. The number of carbonyl (C=O) groups is 1. The monoisotopic (exact) mass is 396 g/mol. The standard InChI is InChI=1S/C18H24N2O6S/c1-27(23,24)20-7-5-18(22)4-6-19(10-14(18)11-20)17(21)9-13-2-3-15-16(8-13)26-12-25-15/h2-3,8,14,22H,4-7,9-12H2,1H3. The Morgan fingerprint density at radius 2 is 1.96 bits per heavy atom. The quantitative estimate of drug-likeness (QED) is 0.784. The van der Waals surface area contributed by atoms with Gasteiger partial charge >= 0.3 is 0 Å². The van der Waals surface area contributed by atoms with Gasteiger partial charge in [-0.2, -0.15) is 0 Å². The summed E-state index contributed by atoms with van der Waals surface area (Å²) in [5.41, 5.74) is -0.0528. The van der Waals surface area contributed by atoms with Gasteiger partial charge in [0.25, 0.3) is 0 Å². The third kappa shape index (κ3) is 3.63. The maximum absolute atomic E-state index is 12.8. The van der Waals surface area contributed by atoms with E-state index in [1.54, 1.807) is 11.0 Å². The van der Waals surface area contributed by atoms with Gasteiger partial charge in [-0.25, -0.2) is 12.7 Å². The van der Waals surface area contributed by atoms with Crippen molar-refractivity contribution in [1.29, 1.82) is 0 Å². The number of nitrogens with zero attached hydrogens (tertiary/aromatic N) is 2. The van der Waals surface area contributed by atoms with Crippen LogP contribution in [0.5, 0.6) is 11.5 Å². The van der Waals surface area contributed by atoms with E-state index >= 15 is 0 Å². The van der Waals surface area contributed by atoms with Crippen LogP contribution in [0, 0.1) is 5.92 Å². The Kier molecular flexibility index (Phi) is 4.56. The first-order valence-corrected chi connectivity index (χ1v) is 10.9. The zero-order valence-corrected chi connectivity index (χ0v) is 16.1. The third-order valence-corrected chi connectivity index (χ3v) is 7.12. The molecule has 0 spiro atoms. The normalized spacial score (nSPS) is 28.1. The number of fused-ring (bicyclic) bond motifs is 2. The molecule has 1 N–H and O–H groups in total. The number of likely N-dealkylation sites (tertiary alicyclic amines) is 1. The van der Waals surface area contributed by atoms with Crippen molar-refractivity contribution in [2.24, 2.45) is 5.92 Å². The van der Waals surface area contributed by atoms with Gasteiger partial charge in [0, 0.05) is 32.1 Å². The van der Waals surface area contributed by atoms with E-state index in [2.05, 4.69) is 0 Å². The predicted molar refractivity (Wildman–Crippen MR) is 96.9 cm³/mol. The molecule has 9 heteroatoms. The van der Waals surface area contributed by atoms with Gasteiger partial charge in [0.1, 0.15) is 0 Å². The Balaban J connectivity index is 1.43. The lowest BCUT2D eigenvalue weighted by Gasteiger charge is -2.49. The van der Waals surface area contributed by atoms with Crippen molar-refractivity contribution in [2.75, 3.05) is 39.2 Å². The van der Waals surface area contributed by atoms with Crippen molar-refractivity contribution in [3.63, 3.8) is 0 Å². The molecule has 8 nitrogen and oxygen atoms in total. The first-order valence-electron chi connectivity index (χ1n) is 9.08. The number of sulfonamides is 1. The van der Waals surface area contributed by atoms with E-state index in [-0.39, 0.29) is 31.6 Å². The molecule has 3 aliphatic rings. The van der Waals surface area contributed by atoms with E-state index in [4.69, 9.17) is 9.47 Å². The summed E-state index contributed by atoms with van der Waals surface area (Å²) in [6, 6.07) is 5.45. The average molecular weight is 396 g/mol. The van der Waals surface area contributed by atoms with Crippen LogP contribution in [0.2, 0.25) is 0 Å². The van der Waals surface area contributed by atoms with E-state index in [9.17, 15) is 18.3 Å². The number of aliphatic hydroxyl groups is 1. The summed E-state index contributed by atoms with van der Waals surface area (Å²) < 4.78 is 35.7. The molecule has 2 fully saturated rings. The zero-order valence-electron chi connectivity index (χ0n) is 15.3. The molecule has 2 atom stereocenters. The van der Waals surface area contributed by atoms with Crippen LogP contribution in [-0.4, -0.2) is 73.5 Å². The van der Waals surface area contributed by atoms with E-state index in [1.807, 2.05) is 12.1 Å². The van der Waals surface area contributed by atoms with Crippen molar-refractivity contribution in [3.8, 4) is 11.5 Å². The van der Waals surface area contributed by atoms with Crippen LogP contribution < -0.4 is 9.47 Å². The summed E-state index contributed by atoms with van der Waals surface area (Å²) in [6.45, 7) is 1.62. The largest absolute Gasteiger partial charge is 0.454 e. The van der Waals surface area contributed by atoms with Crippen molar-refractivity contribution in [1.82, 2.24) is 9.21 Å². The summed E-state index contributed by atoms with van der Waals surface area (Å²) in [5, 5.41) is 10.9. The van der Waals surface area contributed by atoms with Crippen LogP contribution in [-0.2, 0) is 21.2 Å². The fraction of sp³-hybridized carbons (Fsp3) is 0.611. The molecule has 2 saturated heterocycles. The number of rotatable bonds is 3. The van der Waals surface area contributed by atoms with Crippen molar-refractivity contribution >= 4 is 15.9 Å². The second-order valence-corrected chi connectivity index (χ2v) is 9.61. The van der Waals surface area contributed by atoms with Gasteiger partial charge in [-0.3, -0.25) is 4.79 Å². The second-order valence-electron chi connectivity index (χ2n) is 7.63. The topological polar surface area (TPSA) is 96.4 Å². The molecule has 3 heterocycles. The minimum atomic E-state index is -3.30. The molecule has 27 heavy (non-hydrogen) atoms. The molecule has 0 aromatic heterocycles. The summed E-state index contributed by atoms with van der Waals surface area (Å²) in [6.07, 6.45) is 2.30. The molecule has 1 aromatic carbocycles. The molecule has 0 aliphatic carbocycles. The second kappa shape index (κ2) is 6.65. The lowest BCUT2D eigenvalue weighted by atomic mass is 9.76. The summed E-state index contributed by atoms with van der Waals surface area (Å²) in [4.78, 5) is 14.5. The third-order valence-electron chi connectivity index (χ3n) is 5.85. The Bertz CT molecular complexity index is 857. The minimum Gasteiger partial charge on any atom is -0.454 e. The summed E-state index contributed by atoms with van der Waals surface area (Å²) in [7, 11) is -3.30. The van der Waals surface area contributed by atoms with Crippen LogP contribution in [0.4, 0.5) is 0 Å². The highest BCUT2D eigenvalue weighted by Gasteiger charge is 2.47. The van der Waals surface area contributed by atoms with Gasteiger partial charge in [0.2, 0.25) is 22.7 Å². The molecule has 1 aromatic rings. The Morgan fingerprint density at radius 1 is 1.22 bits per heavy atom.